The Labute approximate surface area is 123 Å². The first-order chi connectivity index (χ1) is 10.2. The number of hydrogen-bond donors (Lipinski definition) is 1. The Balaban J connectivity index is 1.62. The Morgan fingerprint density at radius 1 is 1.19 bits per heavy atom. The van der Waals surface area contributed by atoms with Crippen LogP contribution in [0.2, 0.25) is 0 Å². The molecule has 0 fully saturated rings. The Morgan fingerprint density at radius 3 is 2.71 bits per heavy atom. The van der Waals surface area contributed by atoms with Crippen molar-refractivity contribution in [1.82, 2.24) is 10.3 Å². The molecule has 0 aliphatic carbocycles. The summed E-state index contributed by atoms with van der Waals surface area (Å²) in [6, 6.07) is 17.6. The Bertz CT molecular complexity index is 630. The van der Waals surface area contributed by atoms with Gasteiger partial charge < -0.3 is 9.74 Å². The van der Waals surface area contributed by atoms with Crippen LogP contribution in [0.25, 0.3) is 0 Å². The predicted molar refractivity (Wildman–Crippen MR) is 80.2 cm³/mol. The number of hydrazine groups is 1. The van der Waals surface area contributed by atoms with Crippen LogP contribution in [0.3, 0.4) is 0 Å². The van der Waals surface area contributed by atoms with Crippen LogP contribution in [0.15, 0.2) is 54.6 Å². The fourth-order valence-electron chi connectivity index (χ4n) is 2.25. The van der Waals surface area contributed by atoms with Crippen LogP contribution in [0.1, 0.15) is 11.1 Å². The van der Waals surface area contributed by atoms with Gasteiger partial charge in [-0.1, -0.05) is 48.5 Å². The third-order valence-corrected chi connectivity index (χ3v) is 3.37. The van der Waals surface area contributed by atoms with Gasteiger partial charge in [-0.25, -0.2) is 4.79 Å². The van der Waals surface area contributed by atoms with Gasteiger partial charge in [0.25, 0.3) is 0 Å². The van der Waals surface area contributed by atoms with Crippen molar-refractivity contribution in [2.45, 2.75) is 13.1 Å². The number of nitrogens with one attached hydrogen (secondary N) is 1. The van der Waals surface area contributed by atoms with Crippen molar-refractivity contribution in [2.75, 3.05) is 12.2 Å². The maximum atomic E-state index is 12.1. The molecule has 2 aromatic rings. The average Bonchev–Trinajstić information content (AvgIpc) is 2.91. The summed E-state index contributed by atoms with van der Waals surface area (Å²) < 4.78 is 0. The Morgan fingerprint density at radius 2 is 1.90 bits per heavy atom. The molecule has 108 valence electrons. The van der Waals surface area contributed by atoms with Crippen LogP contribution in [0, 0.1) is 0 Å². The van der Waals surface area contributed by atoms with Crippen LogP contribution in [-0.2, 0) is 17.9 Å². The lowest BCUT2D eigenvalue weighted by molar-refractivity contribution is 0.0869. The van der Waals surface area contributed by atoms with E-state index in [1.54, 1.807) is 7.05 Å². The summed E-state index contributed by atoms with van der Waals surface area (Å²) in [5.74, 6) is 0. The molecule has 3 rings (SSSR count). The van der Waals surface area contributed by atoms with E-state index in [-0.39, 0.29) is 0 Å². The molecule has 0 radical (unpaired) electrons. The summed E-state index contributed by atoms with van der Waals surface area (Å²) in [5.41, 5.74) is 6.08. The van der Waals surface area contributed by atoms with Gasteiger partial charge in [0.15, 0.2) is 0 Å². The van der Waals surface area contributed by atoms with E-state index in [0.717, 1.165) is 16.8 Å². The molecule has 1 amide bonds. The molecule has 2 aromatic carbocycles. The number of fused-ring (bicyclic) bond motifs is 1. The molecule has 0 saturated carbocycles. The summed E-state index contributed by atoms with van der Waals surface area (Å²) in [7, 11) is 1.72. The quantitative estimate of drug-likeness (QED) is 0.940. The molecule has 1 N–H and O–H groups in total. The maximum absolute atomic E-state index is 12.1. The number of para-hydroxylation sites is 1. The van der Waals surface area contributed by atoms with Crippen molar-refractivity contribution in [3.63, 3.8) is 0 Å². The largest absolute Gasteiger partial charge is 0.435 e. The summed E-state index contributed by atoms with van der Waals surface area (Å²) >= 11 is 0. The molecule has 0 saturated heterocycles. The zero-order valence-corrected chi connectivity index (χ0v) is 11.8. The van der Waals surface area contributed by atoms with Gasteiger partial charge in [0.05, 0.1) is 5.69 Å². The third-order valence-electron chi connectivity index (χ3n) is 3.37. The first-order valence-electron chi connectivity index (χ1n) is 6.82. The van der Waals surface area contributed by atoms with Crippen molar-refractivity contribution < 1.29 is 9.63 Å². The highest BCUT2D eigenvalue weighted by molar-refractivity contribution is 5.69. The lowest BCUT2D eigenvalue weighted by Gasteiger charge is -2.22. The number of nitrogens with zero attached hydrogens (tertiary/aromatic N) is 2. The van der Waals surface area contributed by atoms with Crippen LogP contribution in [-0.4, -0.2) is 18.0 Å². The summed E-state index contributed by atoms with van der Waals surface area (Å²) in [6.07, 6.45) is -0.400. The van der Waals surface area contributed by atoms with E-state index in [1.165, 1.54) is 10.1 Å². The summed E-state index contributed by atoms with van der Waals surface area (Å²) in [4.78, 5) is 19.1. The standard InChI is InChI=1S/C16H17N3O2/c1-18(12-13-7-3-2-4-8-13)16(20)21-19-15-10-6-5-9-14(15)11-17-19/h2-10,17H,11-12H2,1H3. The van der Waals surface area contributed by atoms with Gasteiger partial charge in [0.1, 0.15) is 0 Å². The monoisotopic (exact) mass is 283 g/mol. The average molecular weight is 283 g/mol. The van der Waals surface area contributed by atoms with Crippen LogP contribution >= 0.6 is 0 Å². The van der Waals surface area contributed by atoms with Gasteiger partial charge in [-0.2, -0.15) is 5.43 Å². The molecule has 0 spiro atoms. The number of carbonyl (C=O) groups is 1. The van der Waals surface area contributed by atoms with E-state index < -0.39 is 6.09 Å². The SMILES string of the molecule is CN(Cc1ccccc1)C(=O)ON1NCc2ccccc21. The molecular weight excluding hydrogens is 266 g/mol. The smallest absolute Gasteiger partial charge is 0.305 e. The fraction of sp³-hybridized carbons (Fsp3) is 0.188. The molecule has 1 aliphatic heterocycles. The van der Waals surface area contributed by atoms with Crippen LogP contribution < -0.4 is 10.6 Å². The fourth-order valence-corrected chi connectivity index (χ4v) is 2.25. The second kappa shape index (κ2) is 5.85. The minimum atomic E-state index is -0.400. The van der Waals surface area contributed by atoms with E-state index in [2.05, 4.69) is 5.43 Å². The van der Waals surface area contributed by atoms with Gasteiger partial charge in [0.2, 0.25) is 0 Å². The lowest BCUT2D eigenvalue weighted by Crippen LogP contribution is -2.39. The highest BCUT2D eigenvalue weighted by atomic mass is 16.7. The van der Waals surface area contributed by atoms with Gasteiger partial charge in [-0.3, -0.25) is 0 Å². The lowest BCUT2D eigenvalue weighted by atomic mass is 10.2. The van der Waals surface area contributed by atoms with Gasteiger partial charge in [-0.15, -0.1) is 5.17 Å². The molecule has 1 aliphatic rings. The second-order valence-corrected chi connectivity index (χ2v) is 4.96. The topological polar surface area (TPSA) is 44.8 Å². The van der Waals surface area contributed by atoms with Crippen molar-refractivity contribution in [3.05, 3.63) is 65.7 Å². The van der Waals surface area contributed by atoms with E-state index in [9.17, 15) is 4.79 Å². The molecule has 21 heavy (non-hydrogen) atoms. The van der Waals surface area contributed by atoms with Crippen LogP contribution in [0.5, 0.6) is 0 Å². The molecule has 0 unspecified atom stereocenters. The zero-order valence-electron chi connectivity index (χ0n) is 11.8. The number of carbonyl (C=O) groups excluding carboxylic acids is 1. The number of anilines is 1. The number of amides is 1. The summed E-state index contributed by atoms with van der Waals surface area (Å²) in [6.45, 7) is 1.17. The van der Waals surface area contributed by atoms with Gasteiger partial charge in [-0.05, 0) is 17.2 Å². The Hall–Kier alpha value is -2.53. The second-order valence-electron chi connectivity index (χ2n) is 4.96. The van der Waals surface area contributed by atoms with E-state index in [4.69, 9.17) is 4.84 Å². The molecule has 0 bridgehead atoms. The molecule has 0 atom stereocenters. The van der Waals surface area contributed by atoms with E-state index >= 15 is 0 Å². The van der Waals surface area contributed by atoms with Gasteiger partial charge in [0, 0.05) is 20.1 Å². The highest BCUT2D eigenvalue weighted by Gasteiger charge is 2.23. The molecule has 5 heteroatoms. The summed E-state index contributed by atoms with van der Waals surface area (Å²) in [5, 5.41) is 1.43. The molecular formula is C16H17N3O2. The first kappa shape index (κ1) is 13.5. The first-order valence-corrected chi connectivity index (χ1v) is 6.82. The van der Waals surface area contributed by atoms with Crippen molar-refractivity contribution in [2.24, 2.45) is 0 Å². The highest BCUT2D eigenvalue weighted by Crippen LogP contribution is 2.24. The minimum Gasteiger partial charge on any atom is -0.305 e. The van der Waals surface area contributed by atoms with Crippen molar-refractivity contribution >= 4 is 11.8 Å². The maximum Gasteiger partial charge on any atom is 0.435 e. The third kappa shape index (κ3) is 2.98. The molecule has 1 heterocycles. The minimum absolute atomic E-state index is 0.400. The number of rotatable bonds is 3. The molecule has 5 nitrogen and oxygen atoms in total. The zero-order chi connectivity index (χ0) is 14.7. The van der Waals surface area contributed by atoms with Crippen molar-refractivity contribution in [3.8, 4) is 0 Å². The van der Waals surface area contributed by atoms with Crippen LogP contribution in [0.4, 0.5) is 10.5 Å². The number of hydrogen-bond acceptors (Lipinski definition) is 4. The Kier molecular flexibility index (Phi) is 3.75. The number of benzene rings is 2. The van der Waals surface area contributed by atoms with E-state index in [1.807, 2.05) is 54.6 Å². The predicted octanol–water partition coefficient (Wildman–Crippen LogP) is 2.69. The normalized spacial score (nSPS) is 12.9. The molecule has 0 aromatic heterocycles. The van der Waals surface area contributed by atoms with Crippen molar-refractivity contribution in [1.29, 1.82) is 0 Å². The van der Waals surface area contributed by atoms with E-state index in [0.29, 0.717) is 13.1 Å². The van der Waals surface area contributed by atoms with Gasteiger partial charge >= 0.3 is 6.09 Å².